The van der Waals surface area contributed by atoms with Crippen molar-refractivity contribution in [2.24, 2.45) is 4.99 Å². The second-order valence-corrected chi connectivity index (χ2v) is 8.33. The van der Waals surface area contributed by atoms with Gasteiger partial charge >= 0.3 is 0 Å². The number of aliphatic imine (C=N–C) groups is 1. The van der Waals surface area contributed by atoms with Crippen LogP contribution in [0.3, 0.4) is 0 Å². The van der Waals surface area contributed by atoms with Gasteiger partial charge in [0, 0.05) is 28.9 Å². The van der Waals surface area contributed by atoms with Crippen LogP contribution in [0.1, 0.15) is 36.5 Å². The highest BCUT2D eigenvalue weighted by Crippen LogP contribution is 2.32. The fourth-order valence-electron chi connectivity index (χ4n) is 3.19. The lowest BCUT2D eigenvalue weighted by Crippen LogP contribution is -2.35. The summed E-state index contributed by atoms with van der Waals surface area (Å²) in [6.07, 6.45) is 3.68. The van der Waals surface area contributed by atoms with E-state index in [1.807, 2.05) is 12.1 Å². The molecule has 0 bridgehead atoms. The lowest BCUT2D eigenvalue weighted by molar-refractivity contribution is -0.115. The molecule has 2 aromatic rings. The molecule has 0 aromatic heterocycles. The Hall–Kier alpha value is -1.66. The van der Waals surface area contributed by atoms with Crippen LogP contribution >= 0.6 is 27.7 Å². The lowest BCUT2D eigenvalue weighted by Gasteiger charge is -2.25. The van der Waals surface area contributed by atoms with Crippen molar-refractivity contribution in [3.8, 4) is 0 Å². The van der Waals surface area contributed by atoms with Crippen molar-refractivity contribution in [1.82, 2.24) is 4.90 Å². The summed E-state index contributed by atoms with van der Waals surface area (Å²) >= 11 is 5.00. The van der Waals surface area contributed by atoms with E-state index in [0.29, 0.717) is 35.1 Å². The molecule has 1 heterocycles. The molecule has 0 saturated carbocycles. The van der Waals surface area contributed by atoms with E-state index in [2.05, 4.69) is 40.0 Å². The van der Waals surface area contributed by atoms with Gasteiger partial charge in [0.1, 0.15) is 11.7 Å². The van der Waals surface area contributed by atoms with E-state index in [-0.39, 0.29) is 5.82 Å². The first kappa shape index (κ1) is 20.1. The lowest BCUT2D eigenvalue weighted by atomic mass is 10.0. The number of rotatable bonds is 7. The highest BCUT2D eigenvalue weighted by Gasteiger charge is 2.21. The molecule has 0 fully saturated rings. The van der Waals surface area contributed by atoms with Gasteiger partial charge < -0.3 is 0 Å². The van der Waals surface area contributed by atoms with E-state index in [0.717, 1.165) is 30.1 Å². The fraction of sp³-hybridized carbons (Fsp3) is 0.333. The SMILES string of the molecule is CCCc1ccc(Br)cc1CSc1c(F)cccc1C1=NCCCN1C=O. The molecule has 2 aromatic carbocycles. The summed E-state index contributed by atoms with van der Waals surface area (Å²) in [6, 6.07) is 11.3. The van der Waals surface area contributed by atoms with Crippen LogP contribution in [0, 0.1) is 5.82 Å². The number of hydrogen-bond acceptors (Lipinski definition) is 3. The summed E-state index contributed by atoms with van der Waals surface area (Å²) in [5.74, 6) is 0.960. The Labute approximate surface area is 172 Å². The van der Waals surface area contributed by atoms with Gasteiger partial charge in [-0.2, -0.15) is 0 Å². The maximum absolute atomic E-state index is 14.7. The minimum Gasteiger partial charge on any atom is -0.299 e. The number of carbonyl (C=O) groups excluding carboxylic acids is 1. The average Bonchev–Trinajstić information content (AvgIpc) is 2.68. The number of thioether (sulfide) groups is 1. The van der Waals surface area contributed by atoms with E-state index in [1.54, 1.807) is 11.0 Å². The monoisotopic (exact) mass is 448 g/mol. The average molecular weight is 449 g/mol. The van der Waals surface area contributed by atoms with Gasteiger partial charge in [-0.15, -0.1) is 11.8 Å². The number of amidine groups is 1. The summed E-state index contributed by atoms with van der Waals surface area (Å²) in [7, 11) is 0. The molecule has 3 rings (SSSR count). The second kappa shape index (κ2) is 9.51. The van der Waals surface area contributed by atoms with E-state index in [9.17, 15) is 9.18 Å². The topological polar surface area (TPSA) is 32.7 Å². The second-order valence-electron chi connectivity index (χ2n) is 6.43. The number of halogens is 2. The highest BCUT2D eigenvalue weighted by atomic mass is 79.9. The summed E-state index contributed by atoms with van der Waals surface area (Å²) < 4.78 is 15.7. The van der Waals surface area contributed by atoms with Crippen LogP contribution in [0.4, 0.5) is 4.39 Å². The molecule has 3 nitrogen and oxygen atoms in total. The maximum Gasteiger partial charge on any atom is 0.215 e. The molecule has 0 radical (unpaired) electrons. The van der Waals surface area contributed by atoms with Crippen LogP contribution in [0.2, 0.25) is 0 Å². The molecular weight excluding hydrogens is 427 g/mol. The Morgan fingerprint density at radius 3 is 2.93 bits per heavy atom. The van der Waals surface area contributed by atoms with Crippen molar-refractivity contribution < 1.29 is 9.18 Å². The van der Waals surface area contributed by atoms with Crippen molar-refractivity contribution in [2.45, 2.75) is 36.8 Å². The molecule has 0 unspecified atom stereocenters. The van der Waals surface area contributed by atoms with Crippen molar-refractivity contribution >= 4 is 39.9 Å². The summed E-state index contributed by atoms with van der Waals surface area (Å²) in [5.41, 5.74) is 3.18. The molecule has 6 heteroatoms. The van der Waals surface area contributed by atoms with Crippen molar-refractivity contribution in [3.05, 3.63) is 63.4 Å². The minimum atomic E-state index is -0.274. The van der Waals surface area contributed by atoms with Crippen molar-refractivity contribution in [3.63, 3.8) is 0 Å². The number of aryl methyl sites for hydroxylation is 1. The molecule has 1 amide bonds. The normalized spacial score (nSPS) is 14.2. The van der Waals surface area contributed by atoms with E-state index in [4.69, 9.17) is 0 Å². The number of nitrogens with zero attached hydrogens (tertiary/aromatic N) is 2. The van der Waals surface area contributed by atoms with Gasteiger partial charge in [-0.05, 0) is 48.2 Å². The molecular formula is C21H22BrFN2OS. The van der Waals surface area contributed by atoms with Crippen LogP contribution in [0.25, 0.3) is 0 Å². The quantitative estimate of drug-likeness (QED) is 0.417. The third-order valence-corrected chi connectivity index (χ3v) is 6.14. The number of benzene rings is 2. The van der Waals surface area contributed by atoms with Crippen LogP contribution < -0.4 is 0 Å². The zero-order valence-corrected chi connectivity index (χ0v) is 17.7. The van der Waals surface area contributed by atoms with E-state index < -0.39 is 0 Å². The summed E-state index contributed by atoms with van der Waals surface area (Å²) in [5, 5.41) is 0. The largest absolute Gasteiger partial charge is 0.299 e. The molecule has 1 aliphatic rings. The smallest absolute Gasteiger partial charge is 0.215 e. The van der Waals surface area contributed by atoms with Crippen molar-refractivity contribution in [1.29, 1.82) is 0 Å². The van der Waals surface area contributed by atoms with Gasteiger partial charge in [0.15, 0.2) is 0 Å². The van der Waals surface area contributed by atoms with Crippen molar-refractivity contribution in [2.75, 3.05) is 13.1 Å². The highest BCUT2D eigenvalue weighted by molar-refractivity contribution is 9.10. The minimum absolute atomic E-state index is 0.274. The predicted octanol–water partition coefficient (Wildman–Crippen LogP) is 5.44. The Balaban J connectivity index is 1.91. The van der Waals surface area contributed by atoms with Gasteiger partial charge in [0.2, 0.25) is 6.41 Å². The number of amides is 1. The molecule has 0 atom stereocenters. The number of hydrogen-bond donors (Lipinski definition) is 0. The third kappa shape index (κ3) is 4.79. The molecule has 0 saturated heterocycles. The Morgan fingerprint density at radius 1 is 1.30 bits per heavy atom. The summed E-state index contributed by atoms with van der Waals surface area (Å²) in [4.78, 5) is 18.0. The molecule has 0 aliphatic carbocycles. The zero-order valence-electron chi connectivity index (χ0n) is 15.3. The van der Waals surface area contributed by atoms with Gasteiger partial charge in [-0.25, -0.2) is 4.39 Å². The maximum atomic E-state index is 14.7. The van der Waals surface area contributed by atoms with Gasteiger partial charge in [-0.3, -0.25) is 14.7 Å². The molecule has 1 aliphatic heterocycles. The zero-order chi connectivity index (χ0) is 19.2. The van der Waals surface area contributed by atoms with Gasteiger partial charge in [-0.1, -0.05) is 41.4 Å². The number of carbonyl (C=O) groups is 1. The summed E-state index contributed by atoms with van der Waals surface area (Å²) in [6.45, 7) is 3.44. The van der Waals surface area contributed by atoms with Gasteiger partial charge in [0.25, 0.3) is 0 Å². The predicted molar refractivity (Wildman–Crippen MR) is 113 cm³/mol. The first-order chi connectivity index (χ1) is 13.1. The molecule has 0 N–H and O–H groups in total. The Morgan fingerprint density at radius 2 is 2.15 bits per heavy atom. The van der Waals surface area contributed by atoms with E-state index in [1.165, 1.54) is 29.0 Å². The molecule has 27 heavy (non-hydrogen) atoms. The Bertz CT molecular complexity index is 856. The first-order valence-corrected chi connectivity index (χ1v) is 10.9. The first-order valence-electron chi connectivity index (χ1n) is 9.09. The van der Waals surface area contributed by atoms with E-state index >= 15 is 0 Å². The van der Waals surface area contributed by atoms with Gasteiger partial charge in [0.05, 0.1) is 4.90 Å². The van der Waals surface area contributed by atoms with Crippen LogP contribution in [0.15, 0.2) is 50.8 Å². The van der Waals surface area contributed by atoms with Crippen LogP contribution in [-0.4, -0.2) is 30.2 Å². The standard InChI is InChI=1S/C21H22BrFN2OS/c1-2-5-15-8-9-17(22)12-16(15)13-27-20-18(6-3-7-19(20)23)21-24-10-4-11-25(21)14-26/h3,6-9,12,14H,2,4-5,10-11,13H2,1H3. The Kier molecular flexibility index (Phi) is 7.07. The van der Waals surface area contributed by atoms with Crippen LogP contribution in [0.5, 0.6) is 0 Å². The van der Waals surface area contributed by atoms with Crippen LogP contribution in [-0.2, 0) is 17.0 Å². The fourth-order valence-corrected chi connectivity index (χ4v) is 4.69. The molecule has 0 spiro atoms. The third-order valence-electron chi connectivity index (χ3n) is 4.49. The molecule has 142 valence electrons.